The number of piperidine rings is 1. The Kier molecular flexibility index (Phi) is 5.67. The highest BCUT2D eigenvalue weighted by Gasteiger charge is 2.43. The number of alkyl halides is 4. The van der Waals surface area contributed by atoms with Crippen LogP contribution in [0.25, 0.3) is 5.65 Å². The van der Waals surface area contributed by atoms with Crippen LogP contribution in [0.3, 0.4) is 0 Å². The highest BCUT2D eigenvalue weighted by Crippen LogP contribution is 2.40. The summed E-state index contributed by atoms with van der Waals surface area (Å²) >= 11 is 6.04. The number of anilines is 2. The van der Waals surface area contributed by atoms with Gasteiger partial charge in [-0.2, -0.15) is 18.2 Å². The predicted molar refractivity (Wildman–Crippen MR) is 115 cm³/mol. The van der Waals surface area contributed by atoms with E-state index in [0.717, 1.165) is 43.8 Å². The smallest absolute Gasteiger partial charge is 0.433 e. The van der Waals surface area contributed by atoms with Gasteiger partial charge in [0, 0.05) is 31.0 Å². The van der Waals surface area contributed by atoms with E-state index in [4.69, 9.17) is 16.3 Å². The molecule has 7 nitrogen and oxygen atoms in total. The van der Waals surface area contributed by atoms with Crippen molar-refractivity contribution >= 4 is 28.9 Å². The van der Waals surface area contributed by atoms with Gasteiger partial charge in [-0.15, -0.1) is 5.10 Å². The lowest BCUT2D eigenvalue weighted by Crippen LogP contribution is -2.48. The Bertz CT molecular complexity index is 1140. The number of rotatable bonds is 6. The molecule has 12 heteroatoms. The summed E-state index contributed by atoms with van der Waals surface area (Å²) < 4.78 is 59.0. The summed E-state index contributed by atoms with van der Waals surface area (Å²) in [5.41, 5.74) is -0.0735. The molecule has 4 heterocycles. The Balaban J connectivity index is 1.40. The van der Waals surface area contributed by atoms with Gasteiger partial charge in [0.2, 0.25) is 5.95 Å². The van der Waals surface area contributed by atoms with Crippen molar-refractivity contribution in [2.45, 2.75) is 25.1 Å². The van der Waals surface area contributed by atoms with E-state index in [1.165, 1.54) is 0 Å². The summed E-state index contributed by atoms with van der Waals surface area (Å²) in [5, 5.41) is 7.79. The summed E-state index contributed by atoms with van der Waals surface area (Å²) in [6, 6.07) is 5.78. The fourth-order valence-electron chi connectivity index (χ4n) is 4.88. The topological polar surface area (TPSA) is 67.6 Å². The minimum atomic E-state index is -4.63. The monoisotopic (exact) mass is 484 g/mol. The summed E-state index contributed by atoms with van der Waals surface area (Å²) in [6.45, 7) is 0.510. The van der Waals surface area contributed by atoms with Crippen molar-refractivity contribution < 1.29 is 22.3 Å². The second-order valence-corrected chi connectivity index (χ2v) is 8.69. The molecule has 2 bridgehead atoms. The maximum Gasteiger partial charge on any atom is 0.433 e. The first-order chi connectivity index (χ1) is 15.8. The van der Waals surface area contributed by atoms with E-state index in [1.54, 1.807) is 6.20 Å². The van der Waals surface area contributed by atoms with Crippen molar-refractivity contribution in [2.24, 2.45) is 11.8 Å². The molecule has 0 spiro atoms. The number of halogens is 5. The number of hydrogen-bond acceptors (Lipinski definition) is 6. The first-order valence-electron chi connectivity index (χ1n) is 10.6. The minimum Gasteiger partial charge on any atom is -0.487 e. The third-order valence-corrected chi connectivity index (χ3v) is 6.48. The van der Waals surface area contributed by atoms with Crippen LogP contribution in [-0.4, -0.2) is 52.0 Å². The van der Waals surface area contributed by atoms with E-state index in [-0.39, 0.29) is 41.8 Å². The zero-order valence-electron chi connectivity index (χ0n) is 17.4. The fourth-order valence-corrected chi connectivity index (χ4v) is 5.05. The predicted octanol–water partition coefficient (Wildman–Crippen LogP) is 4.47. The molecule has 3 aromatic heterocycles. The minimum absolute atomic E-state index is 0.0283. The lowest BCUT2D eigenvalue weighted by atomic mass is 9.92. The lowest BCUT2D eigenvalue weighted by Gasteiger charge is -2.39. The van der Waals surface area contributed by atoms with Crippen molar-refractivity contribution in [3.05, 3.63) is 41.3 Å². The second kappa shape index (κ2) is 8.51. The number of ether oxygens (including phenoxy) is 1. The zero-order valence-corrected chi connectivity index (χ0v) is 18.2. The van der Waals surface area contributed by atoms with Gasteiger partial charge < -0.3 is 15.0 Å². The lowest BCUT2D eigenvalue weighted by molar-refractivity contribution is -0.142. The van der Waals surface area contributed by atoms with E-state index >= 15 is 0 Å². The van der Waals surface area contributed by atoms with Gasteiger partial charge in [0.15, 0.2) is 11.4 Å². The molecule has 176 valence electrons. The average molecular weight is 485 g/mol. The molecule has 5 rings (SSSR count). The van der Waals surface area contributed by atoms with Gasteiger partial charge in [-0.05, 0) is 48.9 Å². The average Bonchev–Trinajstić information content (AvgIpc) is 3.28. The van der Waals surface area contributed by atoms with Gasteiger partial charge >= 0.3 is 6.18 Å². The summed E-state index contributed by atoms with van der Waals surface area (Å²) in [5.74, 6) is 0.686. The van der Waals surface area contributed by atoms with Crippen molar-refractivity contribution in [3.63, 3.8) is 0 Å². The number of nitrogens with zero attached hydrogens (tertiary/aromatic N) is 5. The van der Waals surface area contributed by atoms with Crippen LogP contribution in [0, 0.1) is 11.8 Å². The summed E-state index contributed by atoms with van der Waals surface area (Å²) in [4.78, 5) is 10.6. The fraction of sp³-hybridized carbons (Fsp3) is 0.476. The van der Waals surface area contributed by atoms with Gasteiger partial charge in [0.25, 0.3) is 0 Å². The zero-order chi connectivity index (χ0) is 23.2. The molecule has 1 saturated carbocycles. The standard InChI is InChI=1S/C21H21ClF4N6O/c22-17-9-14(5-7-27-17)31-10-12-1-2-13(11-31)18(12)28-20-29-19-15(33-8-6-23)3-4-16(21(24,25)26)32(19)30-20/h3-5,7,9,12-13,18H,1-2,6,8,10-11H2,(H,28,30)/t12-,13+,18?. The highest BCUT2D eigenvalue weighted by molar-refractivity contribution is 6.29. The van der Waals surface area contributed by atoms with E-state index in [0.29, 0.717) is 9.67 Å². The molecule has 0 amide bonds. The molecule has 1 N–H and O–H groups in total. The van der Waals surface area contributed by atoms with E-state index in [9.17, 15) is 17.6 Å². The molecule has 1 unspecified atom stereocenters. The van der Waals surface area contributed by atoms with Crippen LogP contribution in [0.15, 0.2) is 30.5 Å². The van der Waals surface area contributed by atoms with E-state index < -0.39 is 18.5 Å². The van der Waals surface area contributed by atoms with Crippen LogP contribution in [0.2, 0.25) is 5.15 Å². The Morgan fingerprint density at radius 2 is 1.91 bits per heavy atom. The third-order valence-electron chi connectivity index (χ3n) is 6.28. The van der Waals surface area contributed by atoms with Gasteiger partial charge in [-0.1, -0.05) is 11.6 Å². The Morgan fingerprint density at radius 1 is 1.15 bits per heavy atom. The largest absolute Gasteiger partial charge is 0.487 e. The van der Waals surface area contributed by atoms with Crippen molar-refractivity contribution in [1.82, 2.24) is 19.6 Å². The molecule has 1 saturated heterocycles. The molecular formula is C21H21ClF4N6O. The molecule has 1 aliphatic heterocycles. The molecule has 0 aromatic carbocycles. The van der Waals surface area contributed by atoms with Gasteiger partial charge in [0.1, 0.15) is 24.1 Å². The Hall–Kier alpha value is -2.82. The van der Waals surface area contributed by atoms with Crippen LogP contribution in [0.4, 0.5) is 29.2 Å². The quantitative estimate of drug-likeness (QED) is 0.411. The van der Waals surface area contributed by atoms with Crippen LogP contribution < -0.4 is 15.0 Å². The van der Waals surface area contributed by atoms with Crippen LogP contribution >= 0.6 is 11.6 Å². The second-order valence-electron chi connectivity index (χ2n) is 8.30. The van der Waals surface area contributed by atoms with Crippen molar-refractivity contribution in [1.29, 1.82) is 0 Å². The van der Waals surface area contributed by atoms with Crippen LogP contribution in [-0.2, 0) is 6.18 Å². The number of fused-ring (bicyclic) bond motifs is 3. The molecule has 2 aliphatic rings. The van der Waals surface area contributed by atoms with Crippen molar-refractivity contribution in [2.75, 3.05) is 36.6 Å². The van der Waals surface area contributed by atoms with Crippen molar-refractivity contribution in [3.8, 4) is 5.75 Å². The molecule has 3 aromatic rings. The normalized spacial score (nSPS) is 22.7. The first-order valence-corrected chi connectivity index (χ1v) is 11.0. The molecule has 3 atom stereocenters. The van der Waals surface area contributed by atoms with Gasteiger partial charge in [0.05, 0.1) is 0 Å². The number of pyridine rings is 2. The Labute approximate surface area is 191 Å². The molecule has 0 radical (unpaired) electrons. The number of hydrogen-bond donors (Lipinski definition) is 1. The summed E-state index contributed by atoms with van der Waals surface area (Å²) in [7, 11) is 0. The first kappa shape index (κ1) is 22.0. The maximum atomic E-state index is 13.5. The molecule has 1 aliphatic carbocycles. The van der Waals surface area contributed by atoms with Gasteiger partial charge in [-0.3, -0.25) is 0 Å². The summed E-state index contributed by atoms with van der Waals surface area (Å²) in [6.07, 6.45) is -0.976. The number of aromatic nitrogens is 4. The Morgan fingerprint density at radius 3 is 2.58 bits per heavy atom. The van der Waals surface area contributed by atoms with Crippen LogP contribution in [0.1, 0.15) is 18.5 Å². The molecule has 2 fully saturated rings. The number of nitrogens with one attached hydrogen (secondary N) is 1. The molecule has 33 heavy (non-hydrogen) atoms. The SMILES string of the molecule is FCCOc1ccc(C(F)(F)F)n2nc(NC3[C@@H]4CC[C@H]3CN(c3ccnc(Cl)c3)C4)nc12. The van der Waals surface area contributed by atoms with E-state index in [2.05, 4.69) is 25.3 Å². The van der Waals surface area contributed by atoms with Gasteiger partial charge in [-0.25, -0.2) is 13.9 Å². The maximum absolute atomic E-state index is 13.5. The van der Waals surface area contributed by atoms with E-state index in [1.807, 2.05) is 12.1 Å². The van der Waals surface area contributed by atoms with Crippen LogP contribution in [0.5, 0.6) is 5.75 Å². The molecular weight excluding hydrogens is 464 g/mol. The highest BCUT2D eigenvalue weighted by atomic mass is 35.5. The third kappa shape index (κ3) is 4.25.